The quantitative estimate of drug-likeness (QED) is 0.148. The van der Waals surface area contributed by atoms with Crippen LogP contribution in [0.15, 0.2) is 101 Å². The SMILES string of the molecule is Cc1ccc(Sc2ccc(N3C(=O)c4ccc(C(=O)OCC(=O)c5ccc(Cl)cc5)cc4C3=O)cc2)cc1. The minimum Gasteiger partial charge on any atom is -0.454 e. The molecule has 8 heteroatoms. The highest BCUT2D eigenvalue weighted by molar-refractivity contribution is 7.99. The number of anilines is 1. The van der Waals surface area contributed by atoms with E-state index in [0.717, 1.165) is 14.7 Å². The van der Waals surface area contributed by atoms with Gasteiger partial charge < -0.3 is 4.74 Å². The molecule has 1 aliphatic rings. The largest absolute Gasteiger partial charge is 0.454 e. The summed E-state index contributed by atoms with van der Waals surface area (Å²) < 4.78 is 5.14. The summed E-state index contributed by atoms with van der Waals surface area (Å²) in [6, 6.07) is 25.7. The van der Waals surface area contributed by atoms with Crippen molar-refractivity contribution in [2.24, 2.45) is 0 Å². The van der Waals surface area contributed by atoms with Crippen LogP contribution in [0.3, 0.4) is 0 Å². The average molecular weight is 542 g/mol. The molecule has 188 valence electrons. The van der Waals surface area contributed by atoms with Crippen LogP contribution in [0.2, 0.25) is 5.02 Å². The monoisotopic (exact) mass is 541 g/mol. The minimum absolute atomic E-state index is 0.0699. The van der Waals surface area contributed by atoms with Gasteiger partial charge in [-0.2, -0.15) is 0 Å². The molecule has 5 rings (SSSR count). The van der Waals surface area contributed by atoms with Gasteiger partial charge in [-0.25, -0.2) is 9.69 Å². The van der Waals surface area contributed by atoms with Gasteiger partial charge in [0, 0.05) is 20.4 Å². The van der Waals surface area contributed by atoms with Crippen molar-refractivity contribution in [3.05, 3.63) is 124 Å². The number of rotatable bonds is 7. The zero-order valence-electron chi connectivity index (χ0n) is 20.1. The van der Waals surface area contributed by atoms with Crippen LogP contribution >= 0.6 is 23.4 Å². The lowest BCUT2D eigenvalue weighted by Crippen LogP contribution is -2.29. The summed E-state index contributed by atoms with van der Waals surface area (Å²) in [6.07, 6.45) is 0. The maximum absolute atomic E-state index is 13.2. The van der Waals surface area contributed by atoms with Crippen molar-refractivity contribution >= 4 is 52.6 Å². The van der Waals surface area contributed by atoms with E-state index in [1.807, 2.05) is 43.3 Å². The molecule has 38 heavy (non-hydrogen) atoms. The van der Waals surface area contributed by atoms with Crippen LogP contribution in [-0.2, 0) is 4.74 Å². The van der Waals surface area contributed by atoms with Gasteiger partial charge >= 0.3 is 5.97 Å². The molecule has 0 fully saturated rings. The summed E-state index contributed by atoms with van der Waals surface area (Å²) in [6.45, 7) is 1.56. The first kappa shape index (κ1) is 25.4. The van der Waals surface area contributed by atoms with Crippen molar-refractivity contribution in [3.63, 3.8) is 0 Å². The Morgan fingerprint density at radius 3 is 2.00 bits per heavy atom. The topological polar surface area (TPSA) is 80.8 Å². The molecule has 0 saturated heterocycles. The molecule has 0 saturated carbocycles. The highest BCUT2D eigenvalue weighted by atomic mass is 35.5. The van der Waals surface area contributed by atoms with Gasteiger partial charge in [-0.05, 0) is 85.8 Å². The molecule has 0 aromatic heterocycles. The highest BCUT2D eigenvalue weighted by Gasteiger charge is 2.37. The van der Waals surface area contributed by atoms with Crippen molar-refractivity contribution < 1.29 is 23.9 Å². The maximum atomic E-state index is 13.2. The lowest BCUT2D eigenvalue weighted by Gasteiger charge is -2.14. The van der Waals surface area contributed by atoms with Gasteiger partial charge in [0.25, 0.3) is 11.8 Å². The fourth-order valence-corrected chi connectivity index (χ4v) is 4.88. The first-order chi connectivity index (χ1) is 18.3. The second kappa shape index (κ2) is 10.7. The Hall–Kier alpha value is -4.20. The summed E-state index contributed by atoms with van der Waals surface area (Å²) >= 11 is 7.41. The van der Waals surface area contributed by atoms with E-state index < -0.39 is 30.2 Å². The summed E-state index contributed by atoms with van der Waals surface area (Å²) in [5.41, 5.74) is 2.34. The number of amides is 2. The molecule has 1 heterocycles. The van der Waals surface area contributed by atoms with Crippen LogP contribution in [0.4, 0.5) is 5.69 Å². The van der Waals surface area contributed by atoms with Crippen molar-refractivity contribution in [1.82, 2.24) is 0 Å². The molecule has 0 N–H and O–H groups in total. The van der Waals surface area contributed by atoms with Crippen LogP contribution in [0.1, 0.15) is 47.0 Å². The summed E-state index contributed by atoms with van der Waals surface area (Å²) in [4.78, 5) is 54.2. The third-order valence-corrected chi connectivity index (χ3v) is 7.24. The number of Topliss-reactive ketones (excluding diaryl/α,β-unsaturated/α-hetero) is 1. The van der Waals surface area contributed by atoms with E-state index in [9.17, 15) is 19.2 Å². The standard InChI is InChI=1S/C30H20ClNO5S/c1-18-2-11-23(12-3-18)38-24-13-9-22(10-14-24)32-28(34)25-15-6-20(16-26(25)29(32)35)30(36)37-17-27(33)19-4-7-21(31)8-5-19/h2-16H,17H2,1H3. The molecule has 0 atom stereocenters. The van der Waals surface area contributed by atoms with E-state index in [2.05, 4.69) is 0 Å². The Kier molecular flexibility index (Phi) is 7.13. The maximum Gasteiger partial charge on any atom is 0.338 e. The van der Waals surface area contributed by atoms with Crippen LogP contribution in [0, 0.1) is 6.92 Å². The predicted octanol–water partition coefficient (Wildman–Crippen LogP) is 6.64. The molecule has 1 aliphatic heterocycles. The number of hydrogen-bond acceptors (Lipinski definition) is 6. The molecule has 4 aromatic rings. The summed E-state index contributed by atoms with van der Waals surface area (Å²) in [5, 5.41) is 0.488. The fourth-order valence-electron chi connectivity index (χ4n) is 3.94. The van der Waals surface area contributed by atoms with Crippen LogP contribution in [0.25, 0.3) is 0 Å². The second-order valence-electron chi connectivity index (χ2n) is 8.62. The number of aryl methyl sites for hydroxylation is 1. The van der Waals surface area contributed by atoms with Gasteiger partial charge in [0.1, 0.15) is 0 Å². The average Bonchev–Trinajstić information content (AvgIpc) is 3.18. The Bertz CT molecular complexity index is 1560. The summed E-state index contributed by atoms with van der Waals surface area (Å²) in [7, 11) is 0. The van der Waals surface area contributed by atoms with Gasteiger partial charge in [-0.3, -0.25) is 14.4 Å². The molecule has 0 unspecified atom stereocenters. The normalized spacial score (nSPS) is 12.4. The zero-order valence-corrected chi connectivity index (χ0v) is 21.7. The Morgan fingerprint density at radius 1 is 0.763 bits per heavy atom. The first-order valence-electron chi connectivity index (χ1n) is 11.6. The van der Waals surface area contributed by atoms with E-state index in [-0.39, 0.29) is 16.7 Å². The molecular weight excluding hydrogens is 522 g/mol. The second-order valence-corrected chi connectivity index (χ2v) is 10.2. The lowest BCUT2D eigenvalue weighted by molar-refractivity contribution is 0.0474. The Morgan fingerprint density at radius 2 is 1.34 bits per heavy atom. The van der Waals surface area contributed by atoms with Crippen molar-refractivity contribution in [2.45, 2.75) is 16.7 Å². The van der Waals surface area contributed by atoms with Gasteiger partial charge in [-0.15, -0.1) is 0 Å². The molecule has 6 nitrogen and oxygen atoms in total. The first-order valence-corrected chi connectivity index (χ1v) is 12.8. The number of halogens is 1. The molecule has 0 aliphatic carbocycles. The van der Waals surface area contributed by atoms with Crippen LogP contribution in [0.5, 0.6) is 0 Å². The Labute approximate surface area is 228 Å². The number of ether oxygens (including phenoxy) is 1. The van der Waals surface area contributed by atoms with Gasteiger partial charge in [0.2, 0.25) is 0 Å². The van der Waals surface area contributed by atoms with E-state index in [1.165, 1.54) is 23.8 Å². The van der Waals surface area contributed by atoms with Crippen LogP contribution in [-0.4, -0.2) is 30.2 Å². The molecule has 4 aromatic carbocycles. The number of fused-ring (bicyclic) bond motifs is 1. The van der Waals surface area contributed by atoms with E-state index in [0.29, 0.717) is 16.3 Å². The number of ketones is 1. The predicted molar refractivity (Wildman–Crippen MR) is 145 cm³/mol. The van der Waals surface area contributed by atoms with E-state index in [1.54, 1.807) is 48.2 Å². The number of nitrogens with zero attached hydrogens (tertiary/aromatic N) is 1. The molecule has 2 amide bonds. The molecular formula is C30H20ClNO5S. The number of hydrogen-bond donors (Lipinski definition) is 0. The van der Waals surface area contributed by atoms with E-state index in [4.69, 9.17) is 16.3 Å². The lowest BCUT2D eigenvalue weighted by atomic mass is 10.1. The smallest absolute Gasteiger partial charge is 0.338 e. The number of carbonyl (C=O) groups excluding carboxylic acids is 4. The van der Waals surface area contributed by atoms with Crippen LogP contribution < -0.4 is 4.90 Å². The Balaban J connectivity index is 1.27. The highest BCUT2D eigenvalue weighted by Crippen LogP contribution is 2.33. The van der Waals surface area contributed by atoms with Crippen molar-refractivity contribution in [1.29, 1.82) is 0 Å². The minimum atomic E-state index is -0.772. The number of imide groups is 1. The van der Waals surface area contributed by atoms with Gasteiger partial charge in [-0.1, -0.05) is 41.1 Å². The molecule has 0 bridgehead atoms. The van der Waals surface area contributed by atoms with Crippen molar-refractivity contribution in [2.75, 3.05) is 11.5 Å². The van der Waals surface area contributed by atoms with Gasteiger partial charge in [0.15, 0.2) is 12.4 Å². The summed E-state index contributed by atoms with van der Waals surface area (Å²) in [5.74, 6) is -2.17. The third-order valence-electron chi connectivity index (χ3n) is 5.97. The van der Waals surface area contributed by atoms with Gasteiger partial charge in [0.05, 0.1) is 22.4 Å². The van der Waals surface area contributed by atoms with Crippen molar-refractivity contribution in [3.8, 4) is 0 Å². The number of benzene rings is 4. The third kappa shape index (κ3) is 5.25. The van der Waals surface area contributed by atoms with E-state index >= 15 is 0 Å². The number of carbonyl (C=O) groups is 4. The molecule has 0 spiro atoms. The molecule has 0 radical (unpaired) electrons. The number of esters is 1. The fraction of sp³-hybridized carbons (Fsp3) is 0.0667. The zero-order chi connectivity index (χ0) is 26.8.